The second-order valence-corrected chi connectivity index (χ2v) is 7.31. The minimum Gasteiger partial charge on any atom is -0.497 e. The maximum atomic E-state index is 6.09. The van der Waals surface area contributed by atoms with Crippen molar-refractivity contribution in [2.45, 2.75) is 32.9 Å². The number of guanidine groups is 1. The zero-order chi connectivity index (χ0) is 19.1. The highest BCUT2D eigenvalue weighted by Crippen LogP contribution is 2.20. The standard InChI is InChI=1S/C22H30N4O.HI/c1-17-7-6-12-26(15-17)16-19-9-4-3-8-18(19)14-24-22(23)25-20-10-5-11-21(13-20)27-2;/h3-5,8-11,13,17H,6-7,12,14-16H2,1-2H3,(H3,23,24,25);1H. The lowest BCUT2D eigenvalue weighted by Crippen LogP contribution is -2.34. The van der Waals surface area contributed by atoms with Crippen LogP contribution in [-0.4, -0.2) is 31.1 Å². The molecule has 1 aliphatic heterocycles. The average molecular weight is 494 g/mol. The van der Waals surface area contributed by atoms with Gasteiger partial charge in [-0.15, -0.1) is 24.0 Å². The number of likely N-dealkylation sites (tertiary alicyclic amines) is 1. The molecule has 3 N–H and O–H groups in total. The van der Waals surface area contributed by atoms with Gasteiger partial charge >= 0.3 is 0 Å². The largest absolute Gasteiger partial charge is 0.497 e. The van der Waals surface area contributed by atoms with Crippen LogP contribution in [0.2, 0.25) is 0 Å². The summed E-state index contributed by atoms with van der Waals surface area (Å²) in [5, 5.41) is 3.13. The molecule has 0 saturated carbocycles. The van der Waals surface area contributed by atoms with Gasteiger partial charge in [0.05, 0.1) is 13.7 Å². The maximum absolute atomic E-state index is 6.09. The summed E-state index contributed by atoms with van der Waals surface area (Å²) in [5.41, 5.74) is 9.52. The van der Waals surface area contributed by atoms with Crippen molar-refractivity contribution >= 4 is 35.6 Å². The molecule has 0 bridgehead atoms. The minimum absolute atomic E-state index is 0. The average Bonchev–Trinajstić information content (AvgIpc) is 2.67. The first-order chi connectivity index (χ1) is 13.1. The number of anilines is 1. The second-order valence-electron chi connectivity index (χ2n) is 7.31. The summed E-state index contributed by atoms with van der Waals surface area (Å²) in [6.45, 7) is 6.26. The number of ether oxygens (including phenoxy) is 1. The Balaban J connectivity index is 0.00000280. The SMILES string of the molecule is COc1cccc(NC(N)=NCc2ccccc2CN2CCCC(C)C2)c1.I. The zero-order valence-corrected chi connectivity index (χ0v) is 19.1. The summed E-state index contributed by atoms with van der Waals surface area (Å²) in [6.07, 6.45) is 2.63. The van der Waals surface area contributed by atoms with E-state index in [-0.39, 0.29) is 24.0 Å². The summed E-state index contributed by atoms with van der Waals surface area (Å²) >= 11 is 0. The van der Waals surface area contributed by atoms with Crippen LogP contribution in [0.5, 0.6) is 5.75 Å². The summed E-state index contributed by atoms with van der Waals surface area (Å²) < 4.78 is 5.24. The van der Waals surface area contributed by atoms with Crippen LogP contribution in [0, 0.1) is 5.92 Å². The van der Waals surface area contributed by atoms with Gasteiger partial charge in [0, 0.05) is 24.8 Å². The van der Waals surface area contributed by atoms with Crippen LogP contribution >= 0.6 is 24.0 Å². The molecule has 1 atom stereocenters. The number of aliphatic imine (C=N–C) groups is 1. The van der Waals surface area contributed by atoms with Gasteiger partial charge in [-0.3, -0.25) is 4.90 Å². The van der Waals surface area contributed by atoms with Crippen molar-refractivity contribution in [3.05, 3.63) is 59.7 Å². The summed E-state index contributed by atoms with van der Waals surface area (Å²) in [6, 6.07) is 16.2. The zero-order valence-electron chi connectivity index (χ0n) is 16.7. The molecule has 5 nitrogen and oxygen atoms in total. The molecule has 28 heavy (non-hydrogen) atoms. The number of hydrogen-bond acceptors (Lipinski definition) is 3. The van der Waals surface area contributed by atoms with Gasteiger partial charge in [-0.05, 0) is 48.6 Å². The molecule has 0 radical (unpaired) electrons. The first-order valence-corrected chi connectivity index (χ1v) is 9.64. The number of nitrogens with zero attached hydrogens (tertiary/aromatic N) is 2. The van der Waals surface area contributed by atoms with Crippen LogP contribution in [0.3, 0.4) is 0 Å². The molecule has 0 amide bonds. The molecule has 2 aromatic carbocycles. The Bertz CT molecular complexity index is 781. The molecule has 6 heteroatoms. The molecule has 1 saturated heterocycles. The summed E-state index contributed by atoms with van der Waals surface area (Å²) in [4.78, 5) is 7.09. The van der Waals surface area contributed by atoms with E-state index < -0.39 is 0 Å². The highest BCUT2D eigenvalue weighted by molar-refractivity contribution is 14.0. The van der Waals surface area contributed by atoms with Gasteiger partial charge in [0.2, 0.25) is 0 Å². The molecule has 1 heterocycles. The van der Waals surface area contributed by atoms with Crippen molar-refractivity contribution in [2.75, 3.05) is 25.5 Å². The van der Waals surface area contributed by atoms with Gasteiger partial charge in [-0.25, -0.2) is 4.99 Å². The lowest BCUT2D eigenvalue weighted by Gasteiger charge is -2.31. The Morgan fingerprint density at radius 1 is 1.21 bits per heavy atom. The second kappa shape index (κ2) is 11.3. The van der Waals surface area contributed by atoms with Gasteiger partial charge in [0.1, 0.15) is 5.75 Å². The molecule has 0 spiro atoms. The van der Waals surface area contributed by atoms with Crippen LogP contribution in [0.1, 0.15) is 30.9 Å². The fraction of sp³-hybridized carbons (Fsp3) is 0.409. The van der Waals surface area contributed by atoms with Gasteiger partial charge in [-0.1, -0.05) is 37.3 Å². The normalized spacial score (nSPS) is 17.6. The van der Waals surface area contributed by atoms with Gasteiger partial charge in [0.15, 0.2) is 5.96 Å². The third-order valence-electron chi connectivity index (χ3n) is 5.02. The fourth-order valence-corrected chi connectivity index (χ4v) is 3.60. The van der Waals surface area contributed by atoms with Crippen LogP contribution in [0.4, 0.5) is 5.69 Å². The maximum Gasteiger partial charge on any atom is 0.193 e. The fourth-order valence-electron chi connectivity index (χ4n) is 3.60. The molecule has 0 aliphatic carbocycles. The number of halogens is 1. The number of benzene rings is 2. The molecule has 0 aromatic heterocycles. The van der Waals surface area contributed by atoms with Crippen molar-refractivity contribution < 1.29 is 4.74 Å². The Morgan fingerprint density at radius 2 is 2.00 bits per heavy atom. The predicted octanol–water partition coefficient (Wildman–Crippen LogP) is 4.47. The molecule has 3 rings (SSSR count). The van der Waals surface area contributed by atoms with E-state index in [9.17, 15) is 0 Å². The van der Waals surface area contributed by atoms with E-state index in [0.29, 0.717) is 12.5 Å². The van der Waals surface area contributed by atoms with E-state index >= 15 is 0 Å². The third kappa shape index (κ3) is 6.67. The van der Waals surface area contributed by atoms with E-state index in [2.05, 4.69) is 46.4 Å². The van der Waals surface area contributed by atoms with Crippen molar-refractivity contribution in [1.29, 1.82) is 0 Å². The quantitative estimate of drug-likeness (QED) is 0.354. The first-order valence-electron chi connectivity index (χ1n) is 9.64. The number of rotatable bonds is 6. The predicted molar refractivity (Wildman–Crippen MR) is 127 cm³/mol. The third-order valence-corrected chi connectivity index (χ3v) is 5.02. The Kier molecular flexibility index (Phi) is 9.05. The van der Waals surface area contributed by atoms with E-state index in [1.807, 2.05) is 24.3 Å². The number of piperidine rings is 1. The summed E-state index contributed by atoms with van der Waals surface area (Å²) in [7, 11) is 1.65. The van der Waals surface area contributed by atoms with Crippen molar-refractivity contribution in [3.63, 3.8) is 0 Å². The minimum atomic E-state index is 0. The van der Waals surface area contributed by atoms with Crippen LogP contribution in [-0.2, 0) is 13.1 Å². The van der Waals surface area contributed by atoms with E-state index in [1.165, 1.54) is 37.1 Å². The smallest absolute Gasteiger partial charge is 0.193 e. The first kappa shape index (κ1) is 22.5. The Hall–Kier alpha value is -1.80. The summed E-state index contributed by atoms with van der Waals surface area (Å²) in [5.74, 6) is 1.98. The lowest BCUT2D eigenvalue weighted by atomic mass is 9.99. The van der Waals surface area contributed by atoms with E-state index in [0.717, 1.165) is 23.9 Å². The monoisotopic (exact) mass is 494 g/mol. The Morgan fingerprint density at radius 3 is 2.75 bits per heavy atom. The molecular formula is C22H31IN4O. The highest BCUT2D eigenvalue weighted by Gasteiger charge is 2.17. The topological polar surface area (TPSA) is 62.9 Å². The molecule has 1 fully saturated rings. The lowest BCUT2D eigenvalue weighted by molar-refractivity contribution is 0.176. The number of nitrogens with one attached hydrogen (secondary N) is 1. The van der Waals surface area contributed by atoms with E-state index in [4.69, 9.17) is 10.5 Å². The number of methoxy groups -OCH3 is 1. The van der Waals surface area contributed by atoms with Gasteiger partial charge < -0.3 is 15.8 Å². The van der Waals surface area contributed by atoms with Gasteiger partial charge in [0.25, 0.3) is 0 Å². The van der Waals surface area contributed by atoms with Crippen molar-refractivity contribution in [2.24, 2.45) is 16.6 Å². The van der Waals surface area contributed by atoms with Gasteiger partial charge in [-0.2, -0.15) is 0 Å². The number of hydrogen-bond donors (Lipinski definition) is 2. The molecule has 1 aliphatic rings. The molecule has 1 unspecified atom stereocenters. The van der Waals surface area contributed by atoms with Crippen molar-refractivity contribution in [1.82, 2.24) is 4.90 Å². The van der Waals surface area contributed by atoms with Crippen LogP contribution in [0.25, 0.3) is 0 Å². The van der Waals surface area contributed by atoms with Crippen molar-refractivity contribution in [3.8, 4) is 5.75 Å². The van der Waals surface area contributed by atoms with Crippen LogP contribution in [0.15, 0.2) is 53.5 Å². The van der Waals surface area contributed by atoms with E-state index in [1.54, 1.807) is 7.11 Å². The highest BCUT2D eigenvalue weighted by atomic mass is 127. The Labute approximate surface area is 185 Å². The van der Waals surface area contributed by atoms with Crippen LogP contribution < -0.4 is 15.8 Å². The molecule has 152 valence electrons. The molecule has 2 aromatic rings. The molecular weight excluding hydrogens is 463 g/mol. The number of nitrogens with two attached hydrogens (primary N) is 1.